The number of hydrogen-bond donors (Lipinski definition) is 1. The molecule has 1 atom stereocenters. The van der Waals surface area contributed by atoms with E-state index in [1.54, 1.807) is 0 Å². The first-order valence-corrected chi connectivity index (χ1v) is 9.50. The summed E-state index contributed by atoms with van der Waals surface area (Å²) < 4.78 is 21.4. The van der Waals surface area contributed by atoms with Crippen LogP contribution in [0, 0.1) is 0 Å². The zero-order chi connectivity index (χ0) is 18.9. The number of aryl methyl sites for hydroxylation is 1. The lowest BCUT2D eigenvalue weighted by molar-refractivity contribution is 0.00325. The Bertz CT molecular complexity index is 980. The SMILES string of the molecule is Cn1cc(CNC[C@H]2Cn3c(-c4ccc5c(c4)OCCO5)cnc3CO2)cn1. The van der Waals surface area contributed by atoms with E-state index in [-0.39, 0.29) is 6.10 Å². The summed E-state index contributed by atoms with van der Waals surface area (Å²) in [5, 5.41) is 7.65. The Balaban J connectivity index is 1.28. The fraction of sp³-hybridized carbons (Fsp3) is 0.400. The molecule has 3 aromatic rings. The monoisotopic (exact) mass is 381 g/mol. The van der Waals surface area contributed by atoms with Gasteiger partial charge in [-0.15, -0.1) is 0 Å². The molecule has 28 heavy (non-hydrogen) atoms. The summed E-state index contributed by atoms with van der Waals surface area (Å²) in [4.78, 5) is 4.54. The zero-order valence-electron chi connectivity index (χ0n) is 15.8. The van der Waals surface area contributed by atoms with Crippen LogP contribution in [0.25, 0.3) is 11.3 Å². The van der Waals surface area contributed by atoms with Gasteiger partial charge >= 0.3 is 0 Å². The van der Waals surface area contributed by atoms with Gasteiger partial charge in [0.1, 0.15) is 25.6 Å². The van der Waals surface area contributed by atoms with Crippen LogP contribution in [0.1, 0.15) is 11.4 Å². The smallest absolute Gasteiger partial charge is 0.162 e. The van der Waals surface area contributed by atoms with Gasteiger partial charge in [-0.05, 0) is 18.2 Å². The largest absolute Gasteiger partial charge is 0.486 e. The average molecular weight is 381 g/mol. The molecule has 146 valence electrons. The molecule has 0 unspecified atom stereocenters. The highest BCUT2D eigenvalue weighted by molar-refractivity contribution is 5.64. The Hall–Kier alpha value is -2.84. The molecule has 0 fully saturated rings. The van der Waals surface area contributed by atoms with E-state index in [9.17, 15) is 0 Å². The standard InChI is InChI=1S/C20H23N5O3/c1-24-11-14(8-23-24)7-21-9-16-12-25-17(10-22-20(25)13-28-16)15-2-3-18-19(6-15)27-5-4-26-18/h2-3,6,8,10-11,16,21H,4-5,7,9,12-13H2,1H3/t16-/m0/s1. The maximum Gasteiger partial charge on any atom is 0.162 e. The molecule has 0 aliphatic carbocycles. The molecule has 8 heteroatoms. The molecule has 0 spiro atoms. The predicted molar refractivity (Wildman–Crippen MR) is 102 cm³/mol. The number of imidazole rings is 1. The molecule has 2 aromatic heterocycles. The maximum atomic E-state index is 5.98. The number of nitrogens with zero attached hydrogens (tertiary/aromatic N) is 4. The van der Waals surface area contributed by atoms with E-state index >= 15 is 0 Å². The van der Waals surface area contributed by atoms with Crippen LogP contribution in [0.5, 0.6) is 11.5 Å². The summed E-state index contributed by atoms with van der Waals surface area (Å²) in [5.41, 5.74) is 3.32. The van der Waals surface area contributed by atoms with E-state index in [2.05, 4.69) is 26.0 Å². The predicted octanol–water partition coefficient (Wildman–Crippen LogP) is 1.74. The minimum atomic E-state index is 0.0920. The van der Waals surface area contributed by atoms with Crippen LogP contribution < -0.4 is 14.8 Å². The van der Waals surface area contributed by atoms with Crippen molar-refractivity contribution < 1.29 is 14.2 Å². The van der Waals surface area contributed by atoms with Gasteiger partial charge in [-0.1, -0.05) is 0 Å². The van der Waals surface area contributed by atoms with Crippen molar-refractivity contribution in [3.63, 3.8) is 0 Å². The fourth-order valence-electron chi connectivity index (χ4n) is 3.68. The highest BCUT2D eigenvalue weighted by atomic mass is 16.6. The van der Waals surface area contributed by atoms with E-state index in [0.717, 1.165) is 48.2 Å². The number of hydrogen-bond acceptors (Lipinski definition) is 6. The van der Waals surface area contributed by atoms with Gasteiger partial charge in [-0.25, -0.2) is 4.98 Å². The summed E-state index contributed by atoms with van der Waals surface area (Å²) in [6.45, 7) is 4.01. The second-order valence-corrected chi connectivity index (χ2v) is 7.11. The number of rotatable bonds is 5. The Morgan fingerprint density at radius 1 is 1.18 bits per heavy atom. The number of nitrogens with one attached hydrogen (secondary N) is 1. The molecular weight excluding hydrogens is 358 g/mol. The van der Waals surface area contributed by atoms with Crippen LogP contribution in [0.4, 0.5) is 0 Å². The third-order valence-corrected chi connectivity index (χ3v) is 5.07. The minimum Gasteiger partial charge on any atom is -0.486 e. The molecule has 1 aromatic carbocycles. The first-order valence-electron chi connectivity index (χ1n) is 9.50. The lowest BCUT2D eigenvalue weighted by Gasteiger charge is -2.26. The Morgan fingerprint density at radius 2 is 2.07 bits per heavy atom. The average Bonchev–Trinajstić information content (AvgIpc) is 3.33. The first-order chi connectivity index (χ1) is 13.8. The second kappa shape index (κ2) is 7.29. The van der Waals surface area contributed by atoms with Crippen LogP contribution in [0.15, 0.2) is 36.8 Å². The van der Waals surface area contributed by atoms with Gasteiger partial charge in [0.2, 0.25) is 0 Å². The van der Waals surface area contributed by atoms with Gasteiger partial charge in [0.25, 0.3) is 0 Å². The molecular formula is C20H23N5O3. The van der Waals surface area contributed by atoms with Crippen molar-refractivity contribution in [3.8, 4) is 22.8 Å². The number of aromatic nitrogens is 4. The lowest BCUT2D eigenvalue weighted by Crippen LogP contribution is -2.36. The van der Waals surface area contributed by atoms with E-state index < -0.39 is 0 Å². The topological polar surface area (TPSA) is 75.4 Å². The molecule has 0 radical (unpaired) electrons. The van der Waals surface area contributed by atoms with Crippen LogP contribution in [0.2, 0.25) is 0 Å². The molecule has 0 saturated carbocycles. The van der Waals surface area contributed by atoms with Crippen molar-refractivity contribution in [2.45, 2.75) is 25.8 Å². The molecule has 5 rings (SSSR count). The van der Waals surface area contributed by atoms with Gasteiger partial charge in [0.05, 0.1) is 30.7 Å². The van der Waals surface area contributed by atoms with Crippen molar-refractivity contribution in [2.24, 2.45) is 7.05 Å². The van der Waals surface area contributed by atoms with E-state index in [1.165, 1.54) is 5.56 Å². The molecule has 2 aliphatic heterocycles. The van der Waals surface area contributed by atoms with E-state index in [1.807, 2.05) is 42.5 Å². The highest BCUT2D eigenvalue weighted by Crippen LogP contribution is 2.35. The molecule has 4 heterocycles. The van der Waals surface area contributed by atoms with Gasteiger partial charge in [-0.2, -0.15) is 5.10 Å². The highest BCUT2D eigenvalue weighted by Gasteiger charge is 2.23. The van der Waals surface area contributed by atoms with Crippen molar-refractivity contribution in [3.05, 3.63) is 48.2 Å². The maximum absolute atomic E-state index is 5.98. The van der Waals surface area contributed by atoms with Crippen LogP contribution in [-0.2, 0) is 31.5 Å². The first kappa shape index (κ1) is 17.3. The number of benzene rings is 1. The third-order valence-electron chi connectivity index (χ3n) is 5.07. The Morgan fingerprint density at radius 3 is 2.93 bits per heavy atom. The number of ether oxygens (including phenoxy) is 3. The van der Waals surface area contributed by atoms with Crippen molar-refractivity contribution in [1.82, 2.24) is 24.6 Å². The van der Waals surface area contributed by atoms with Gasteiger partial charge < -0.3 is 24.1 Å². The van der Waals surface area contributed by atoms with Crippen LogP contribution >= 0.6 is 0 Å². The van der Waals surface area contributed by atoms with Crippen LogP contribution in [0.3, 0.4) is 0 Å². The fourth-order valence-corrected chi connectivity index (χ4v) is 3.68. The summed E-state index contributed by atoms with van der Waals surface area (Å²) in [6, 6.07) is 6.06. The second-order valence-electron chi connectivity index (χ2n) is 7.11. The molecule has 2 aliphatic rings. The lowest BCUT2D eigenvalue weighted by atomic mass is 10.1. The Labute approximate surface area is 163 Å². The van der Waals surface area contributed by atoms with E-state index in [4.69, 9.17) is 14.2 Å². The molecule has 0 bridgehead atoms. The summed E-state index contributed by atoms with van der Waals surface area (Å²) >= 11 is 0. The van der Waals surface area contributed by atoms with Gasteiger partial charge in [0, 0.05) is 37.5 Å². The van der Waals surface area contributed by atoms with Crippen LogP contribution in [-0.4, -0.2) is 45.2 Å². The van der Waals surface area contributed by atoms with Gasteiger partial charge in [0.15, 0.2) is 11.5 Å². The summed E-state index contributed by atoms with van der Waals surface area (Å²) in [6.07, 6.45) is 5.90. The number of fused-ring (bicyclic) bond motifs is 2. The molecule has 0 saturated heterocycles. The third kappa shape index (κ3) is 3.36. The van der Waals surface area contributed by atoms with Gasteiger partial charge in [-0.3, -0.25) is 4.68 Å². The Kier molecular flexibility index (Phi) is 4.50. The van der Waals surface area contributed by atoms with Crippen molar-refractivity contribution in [1.29, 1.82) is 0 Å². The van der Waals surface area contributed by atoms with Crippen molar-refractivity contribution in [2.75, 3.05) is 19.8 Å². The normalized spacial score (nSPS) is 18.1. The minimum absolute atomic E-state index is 0.0920. The molecule has 8 nitrogen and oxygen atoms in total. The van der Waals surface area contributed by atoms with Crippen molar-refractivity contribution >= 4 is 0 Å². The summed E-state index contributed by atoms with van der Waals surface area (Å²) in [5.74, 6) is 2.55. The molecule has 1 N–H and O–H groups in total. The zero-order valence-corrected chi connectivity index (χ0v) is 15.8. The van der Waals surface area contributed by atoms with E-state index in [0.29, 0.717) is 19.8 Å². The quantitative estimate of drug-likeness (QED) is 0.726. The molecule has 0 amide bonds. The summed E-state index contributed by atoms with van der Waals surface area (Å²) in [7, 11) is 1.92.